The Labute approximate surface area is 364 Å². The van der Waals surface area contributed by atoms with Crippen molar-refractivity contribution in [2.24, 2.45) is 5.92 Å². The lowest BCUT2D eigenvalue weighted by Gasteiger charge is -2.22. The van der Waals surface area contributed by atoms with E-state index in [0.29, 0.717) is 5.92 Å². The molecule has 1 N–H and O–H groups in total. The fourth-order valence-electron chi connectivity index (χ4n) is 8.76. The van der Waals surface area contributed by atoms with E-state index >= 15 is 0 Å². The number of fused-ring (bicyclic) bond motifs is 4. The number of dihydropyridines is 1. The smallest absolute Gasteiger partial charge is 0.0779 e. The molecule has 0 amide bonds. The molecular weight excluding hydrogens is 759 g/mol. The predicted molar refractivity (Wildman–Crippen MR) is 264 cm³/mol. The number of benzene rings is 3. The van der Waals surface area contributed by atoms with Crippen LogP contribution < -0.4 is 5.32 Å². The maximum absolute atomic E-state index is 4.64. The minimum Gasteiger partial charge on any atom is -0.381 e. The first-order valence-electron chi connectivity index (χ1n) is 21.6. The largest absolute Gasteiger partial charge is 0.381 e. The van der Waals surface area contributed by atoms with Gasteiger partial charge < -0.3 is 9.88 Å². The summed E-state index contributed by atoms with van der Waals surface area (Å²) < 4.78 is 3.82. The number of thiophene rings is 1. The van der Waals surface area contributed by atoms with Gasteiger partial charge in [-0.05, 0) is 144 Å². The van der Waals surface area contributed by atoms with Crippen molar-refractivity contribution in [3.05, 3.63) is 226 Å². The predicted octanol–water partition coefficient (Wildman–Crippen LogP) is 14.6. The molecule has 6 aromatic rings. The van der Waals surface area contributed by atoms with Gasteiger partial charge in [0.1, 0.15) is 0 Å². The second kappa shape index (κ2) is 17.9. The zero-order chi connectivity index (χ0) is 41.7. The fraction of sp³-hybridized carbons (Fsp3) is 0.158. The summed E-state index contributed by atoms with van der Waals surface area (Å²) in [5, 5.41) is 6.14. The van der Waals surface area contributed by atoms with Crippen molar-refractivity contribution in [2.45, 2.75) is 53.0 Å². The molecule has 300 valence electrons. The molecule has 1 unspecified atom stereocenters. The van der Waals surface area contributed by atoms with Crippen LogP contribution in [0.25, 0.3) is 55.5 Å². The number of aryl methyl sites for hydroxylation is 1. The van der Waals surface area contributed by atoms with E-state index < -0.39 is 0 Å². The van der Waals surface area contributed by atoms with Crippen LogP contribution in [0.15, 0.2) is 187 Å². The van der Waals surface area contributed by atoms with Gasteiger partial charge in [0.05, 0.1) is 17.3 Å². The molecule has 0 spiro atoms. The maximum atomic E-state index is 4.64. The first kappa shape index (κ1) is 39.7. The van der Waals surface area contributed by atoms with Crippen LogP contribution in [0.3, 0.4) is 0 Å². The molecule has 4 heterocycles. The van der Waals surface area contributed by atoms with Crippen molar-refractivity contribution >= 4 is 61.2 Å². The van der Waals surface area contributed by atoms with Crippen molar-refractivity contribution in [3.8, 4) is 5.69 Å². The minimum atomic E-state index is 0.150. The third kappa shape index (κ3) is 8.26. The SMILES string of the molecule is C/C=C(C/C=C\c1c(CC)c2cc(C3=C=C(c4ccccn4)C=CC=C3)ccc2n1-c1ccc2sc3c(c2c1)C=C(c1ccccc1)C=CC3)\C(=C/C(C)C)C1C=CC=CN1. The van der Waals surface area contributed by atoms with Gasteiger partial charge in [-0.3, -0.25) is 4.98 Å². The number of rotatable bonds is 11. The average molecular weight is 810 g/mol. The summed E-state index contributed by atoms with van der Waals surface area (Å²) in [4.78, 5) is 6.05. The Morgan fingerprint density at radius 2 is 1.75 bits per heavy atom. The number of allylic oxidation sites excluding steroid dienone is 13. The van der Waals surface area contributed by atoms with E-state index in [1.807, 2.05) is 41.9 Å². The summed E-state index contributed by atoms with van der Waals surface area (Å²) in [6, 6.07) is 31.0. The Morgan fingerprint density at radius 1 is 0.902 bits per heavy atom. The first-order chi connectivity index (χ1) is 30.0. The van der Waals surface area contributed by atoms with Crippen molar-refractivity contribution in [2.75, 3.05) is 0 Å². The molecule has 0 fully saturated rings. The van der Waals surface area contributed by atoms with E-state index in [2.05, 4.69) is 200 Å². The molecule has 4 heteroatoms. The van der Waals surface area contributed by atoms with E-state index in [4.69, 9.17) is 0 Å². The molecule has 3 aromatic heterocycles. The van der Waals surface area contributed by atoms with Crippen molar-refractivity contribution in [1.29, 1.82) is 0 Å². The van der Waals surface area contributed by atoms with Crippen LogP contribution in [0.4, 0.5) is 0 Å². The highest BCUT2D eigenvalue weighted by Crippen LogP contribution is 2.40. The Bertz CT molecular complexity index is 2980. The maximum Gasteiger partial charge on any atom is 0.0779 e. The second-order valence-corrected chi connectivity index (χ2v) is 17.2. The van der Waals surface area contributed by atoms with Gasteiger partial charge in [0, 0.05) is 55.5 Å². The number of nitrogens with zero attached hydrogens (tertiary/aromatic N) is 2. The Kier molecular flexibility index (Phi) is 11.6. The summed E-state index contributed by atoms with van der Waals surface area (Å²) in [5.74, 6) is 0.430. The average Bonchev–Trinajstić information content (AvgIpc) is 3.54. The molecule has 9 rings (SSSR count). The number of hydrogen-bond donors (Lipinski definition) is 1. The number of pyridine rings is 1. The third-order valence-corrected chi connectivity index (χ3v) is 12.9. The molecule has 0 bridgehead atoms. The molecular formula is C57H51N3S. The molecule has 3 aliphatic rings. The monoisotopic (exact) mass is 809 g/mol. The first-order valence-corrected chi connectivity index (χ1v) is 22.4. The van der Waals surface area contributed by atoms with Crippen LogP contribution in [0, 0.1) is 5.92 Å². The Morgan fingerprint density at radius 3 is 2.52 bits per heavy atom. The molecule has 2 aliphatic carbocycles. The van der Waals surface area contributed by atoms with Crippen LogP contribution >= 0.6 is 11.3 Å². The number of hydrogen-bond acceptors (Lipinski definition) is 3. The molecule has 3 aromatic carbocycles. The minimum absolute atomic E-state index is 0.150. The van der Waals surface area contributed by atoms with E-state index in [-0.39, 0.29) is 6.04 Å². The lowest BCUT2D eigenvalue weighted by molar-refractivity contribution is 0.750. The van der Waals surface area contributed by atoms with Crippen molar-refractivity contribution in [1.82, 2.24) is 14.9 Å². The lowest BCUT2D eigenvalue weighted by Crippen LogP contribution is -2.27. The zero-order valence-electron chi connectivity index (χ0n) is 35.4. The van der Waals surface area contributed by atoms with Crippen LogP contribution in [0.5, 0.6) is 0 Å². The van der Waals surface area contributed by atoms with Gasteiger partial charge in [-0.2, -0.15) is 0 Å². The molecule has 1 atom stereocenters. The van der Waals surface area contributed by atoms with Gasteiger partial charge >= 0.3 is 0 Å². The van der Waals surface area contributed by atoms with Crippen LogP contribution in [-0.4, -0.2) is 15.6 Å². The highest BCUT2D eigenvalue weighted by molar-refractivity contribution is 7.19. The summed E-state index contributed by atoms with van der Waals surface area (Å²) in [6.45, 7) is 8.98. The molecule has 3 nitrogen and oxygen atoms in total. The highest BCUT2D eigenvalue weighted by Gasteiger charge is 2.21. The van der Waals surface area contributed by atoms with Crippen LogP contribution in [0.2, 0.25) is 0 Å². The molecule has 61 heavy (non-hydrogen) atoms. The van der Waals surface area contributed by atoms with Crippen LogP contribution in [0.1, 0.15) is 72.6 Å². The van der Waals surface area contributed by atoms with Crippen LogP contribution in [-0.2, 0) is 12.8 Å². The van der Waals surface area contributed by atoms with E-state index in [9.17, 15) is 0 Å². The van der Waals surface area contributed by atoms with Crippen molar-refractivity contribution in [3.63, 3.8) is 0 Å². The summed E-state index contributed by atoms with van der Waals surface area (Å²) >= 11 is 1.92. The molecule has 0 saturated heterocycles. The third-order valence-electron chi connectivity index (χ3n) is 11.6. The Hall–Kier alpha value is -6.71. The molecule has 0 radical (unpaired) electrons. The van der Waals surface area contributed by atoms with Gasteiger partial charge in [-0.15, -0.1) is 17.1 Å². The van der Waals surface area contributed by atoms with Gasteiger partial charge in [-0.25, -0.2) is 0 Å². The second-order valence-electron chi connectivity index (χ2n) is 16.0. The summed E-state index contributed by atoms with van der Waals surface area (Å²) in [7, 11) is 0. The summed E-state index contributed by atoms with van der Waals surface area (Å²) in [6.07, 6.45) is 37.9. The highest BCUT2D eigenvalue weighted by atomic mass is 32.1. The van der Waals surface area contributed by atoms with E-state index in [1.54, 1.807) is 0 Å². The number of nitrogens with one attached hydrogen (secondary N) is 1. The zero-order valence-corrected chi connectivity index (χ0v) is 36.2. The van der Waals surface area contributed by atoms with E-state index in [1.165, 1.54) is 70.7 Å². The normalized spacial score (nSPS) is 16.5. The lowest BCUT2D eigenvalue weighted by atomic mass is 9.91. The standard InChI is InChI=1S/C57H51N3S/c1-5-40(48(34-39(3)4)53-25-13-15-33-59-53)22-16-26-54-47(6-2)49-36-44(42-20-10-11-21-45(35-42)52-24-12-14-32-58-52)28-30-55(49)60(54)46-29-31-57-51(38-46)50-37-43(23-17-27-56(50)61-57)41-18-8-7-9-19-41/h5,7-21,23-26,28-34,36-39,53,59H,6,22,27H2,1-4H3/b26-16-,40-5-,48-34+. The van der Waals surface area contributed by atoms with Gasteiger partial charge in [-0.1, -0.05) is 118 Å². The van der Waals surface area contributed by atoms with E-state index in [0.717, 1.165) is 41.7 Å². The van der Waals surface area contributed by atoms with Crippen molar-refractivity contribution < 1.29 is 0 Å². The van der Waals surface area contributed by atoms with Gasteiger partial charge in [0.15, 0.2) is 0 Å². The quantitative estimate of drug-likeness (QED) is 0.104. The molecule has 1 aliphatic heterocycles. The van der Waals surface area contributed by atoms with Gasteiger partial charge in [0.2, 0.25) is 0 Å². The number of aromatic nitrogens is 2. The fourth-order valence-corrected chi connectivity index (χ4v) is 9.90. The van der Waals surface area contributed by atoms with Gasteiger partial charge in [0.25, 0.3) is 0 Å². The Balaban J connectivity index is 1.20. The summed E-state index contributed by atoms with van der Waals surface area (Å²) in [5.41, 5.74) is 19.2. The molecule has 0 saturated carbocycles. The topological polar surface area (TPSA) is 29.9 Å².